The van der Waals surface area contributed by atoms with Crippen molar-refractivity contribution in [1.29, 1.82) is 0 Å². The van der Waals surface area contributed by atoms with Gasteiger partial charge in [0.05, 0.1) is 16.8 Å². The SMILES string of the molecule is C=C(/C(=C/C[C@@H](OC(=O)c1ccncc1)c1ccc(CO)o1)B1OC(C)(C)C(C)(C)O1)C(C)C. The number of carbonyl (C=O) groups excluding carboxylic acids is 1. The average molecular weight is 467 g/mol. The van der Waals surface area contributed by atoms with Gasteiger partial charge in [-0.2, -0.15) is 0 Å². The first-order valence-corrected chi connectivity index (χ1v) is 11.5. The molecule has 8 heteroatoms. The number of hydrogen-bond acceptors (Lipinski definition) is 7. The van der Waals surface area contributed by atoms with E-state index in [1.54, 1.807) is 24.3 Å². The number of rotatable bonds is 9. The Morgan fingerprint density at radius 2 is 1.76 bits per heavy atom. The quantitative estimate of drug-likeness (QED) is 0.307. The molecule has 1 fully saturated rings. The van der Waals surface area contributed by atoms with E-state index in [1.807, 2.05) is 33.8 Å². The van der Waals surface area contributed by atoms with E-state index in [9.17, 15) is 9.90 Å². The number of carbonyl (C=O) groups is 1. The van der Waals surface area contributed by atoms with Crippen LogP contribution in [0.15, 0.2) is 64.8 Å². The molecule has 0 spiro atoms. The van der Waals surface area contributed by atoms with Gasteiger partial charge in [0.2, 0.25) is 0 Å². The van der Waals surface area contributed by atoms with E-state index >= 15 is 0 Å². The van der Waals surface area contributed by atoms with Crippen LogP contribution in [0.5, 0.6) is 0 Å². The zero-order valence-corrected chi connectivity index (χ0v) is 20.8. The maximum atomic E-state index is 12.8. The van der Waals surface area contributed by atoms with Crippen LogP contribution in [0.3, 0.4) is 0 Å². The number of aromatic nitrogens is 1. The Labute approximate surface area is 202 Å². The summed E-state index contributed by atoms with van der Waals surface area (Å²) < 4.78 is 24.1. The highest BCUT2D eigenvalue weighted by Gasteiger charge is 2.52. The zero-order valence-electron chi connectivity index (χ0n) is 20.8. The Morgan fingerprint density at radius 3 is 2.29 bits per heavy atom. The maximum Gasteiger partial charge on any atom is 0.494 e. The number of nitrogens with zero attached hydrogens (tertiary/aromatic N) is 1. The fourth-order valence-corrected chi connectivity index (χ4v) is 3.48. The summed E-state index contributed by atoms with van der Waals surface area (Å²) in [7, 11) is -0.596. The largest absolute Gasteiger partial charge is 0.494 e. The Bertz CT molecular complexity index is 1020. The molecule has 1 aliphatic heterocycles. The third-order valence-electron chi connectivity index (χ3n) is 6.45. The standard InChI is InChI=1S/C26H34BNO6/c1-17(2)18(3)21(27-33-25(4,5)26(6,7)34-27)9-11-23(22-10-8-20(16-29)31-22)32-24(30)19-12-14-28-15-13-19/h8-10,12-15,17,23,29H,3,11,16H2,1-2,4-7H3/b21-9-/t23-/m1/s1. The summed E-state index contributed by atoms with van der Waals surface area (Å²) in [5.41, 5.74) is 1.08. The van der Waals surface area contributed by atoms with Crippen LogP contribution < -0.4 is 0 Å². The van der Waals surface area contributed by atoms with Crippen LogP contribution in [-0.2, 0) is 20.7 Å². The minimum atomic E-state index is -0.724. The monoisotopic (exact) mass is 467 g/mol. The molecule has 1 N–H and O–H groups in total. The summed E-state index contributed by atoms with van der Waals surface area (Å²) >= 11 is 0. The molecule has 1 atom stereocenters. The number of aliphatic hydroxyl groups excluding tert-OH is 1. The Kier molecular flexibility index (Phi) is 7.86. The van der Waals surface area contributed by atoms with Gasteiger partial charge in [0.25, 0.3) is 0 Å². The van der Waals surface area contributed by atoms with Crippen molar-refractivity contribution in [3.63, 3.8) is 0 Å². The van der Waals surface area contributed by atoms with Crippen molar-refractivity contribution >= 4 is 13.1 Å². The molecule has 2 aromatic rings. The molecule has 0 amide bonds. The van der Waals surface area contributed by atoms with Gasteiger partial charge in [-0.25, -0.2) is 4.79 Å². The van der Waals surface area contributed by atoms with Crippen LogP contribution >= 0.6 is 0 Å². The molecule has 0 aromatic carbocycles. The Hall–Kier alpha value is -2.68. The van der Waals surface area contributed by atoms with Crippen LogP contribution in [0.4, 0.5) is 0 Å². The average Bonchev–Trinajstić information content (AvgIpc) is 3.34. The molecule has 1 saturated heterocycles. The van der Waals surface area contributed by atoms with Crippen LogP contribution in [0.1, 0.15) is 75.9 Å². The Balaban J connectivity index is 1.92. The van der Waals surface area contributed by atoms with Crippen LogP contribution in [-0.4, -0.2) is 34.4 Å². The number of hydrogen-bond donors (Lipinski definition) is 1. The van der Waals surface area contributed by atoms with Gasteiger partial charge in [-0.3, -0.25) is 4.98 Å². The van der Waals surface area contributed by atoms with Gasteiger partial charge < -0.3 is 23.6 Å². The lowest BCUT2D eigenvalue weighted by Gasteiger charge is -2.32. The first-order valence-electron chi connectivity index (χ1n) is 11.5. The van der Waals surface area contributed by atoms with Crippen LogP contribution in [0.25, 0.3) is 0 Å². The molecule has 0 unspecified atom stereocenters. The summed E-state index contributed by atoms with van der Waals surface area (Å²) in [5.74, 6) is 0.489. The molecule has 0 saturated carbocycles. The second-order valence-electron chi connectivity index (χ2n) is 9.76. The van der Waals surface area contributed by atoms with Crippen molar-refractivity contribution in [3.8, 4) is 0 Å². The Morgan fingerprint density at radius 1 is 1.15 bits per heavy atom. The highest BCUT2D eigenvalue weighted by molar-refractivity contribution is 6.56. The van der Waals surface area contributed by atoms with E-state index in [-0.39, 0.29) is 12.5 Å². The second-order valence-corrected chi connectivity index (χ2v) is 9.76. The van der Waals surface area contributed by atoms with Gasteiger partial charge in [-0.15, -0.1) is 0 Å². The molecule has 0 aliphatic carbocycles. The van der Waals surface area contributed by atoms with Gasteiger partial charge in [0.15, 0.2) is 6.10 Å². The van der Waals surface area contributed by atoms with Crippen LogP contribution in [0.2, 0.25) is 0 Å². The molecule has 2 aromatic heterocycles. The lowest BCUT2D eigenvalue weighted by atomic mass is 9.70. The molecule has 3 rings (SSSR count). The fraction of sp³-hybridized carbons (Fsp3) is 0.462. The lowest BCUT2D eigenvalue weighted by Crippen LogP contribution is -2.41. The number of pyridine rings is 1. The van der Waals surface area contributed by atoms with Crippen molar-refractivity contribution in [2.24, 2.45) is 5.92 Å². The van der Waals surface area contributed by atoms with Gasteiger partial charge in [0.1, 0.15) is 18.1 Å². The fourth-order valence-electron chi connectivity index (χ4n) is 3.48. The van der Waals surface area contributed by atoms with Gasteiger partial charge >= 0.3 is 13.1 Å². The number of furan rings is 1. The van der Waals surface area contributed by atoms with E-state index in [0.717, 1.165) is 11.0 Å². The lowest BCUT2D eigenvalue weighted by molar-refractivity contribution is 0.00578. The molecular formula is C26H34BNO6. The predicted octanol–water partition coefficient (Wildman–Crippen LogP) is 5.23. The normalized spacial score (nSPS) is 18.2. The third kappa shape index (κ3) is 5.69. The molecule has 3 heterocycles. The van der Waals surface area contributed by atoms with E-state index in [4.69, 9.17) is 18.5 Å². The number of ether oxygens (including phenoxy) is 1. The molecule has 34 heavy (non-hydrogen) atoms. The van der Waals surface area contributed by atoms with E-state index in [0.29, 0.717) is 23.5 Å². The molecule has 0 bridgehead atoms. The third-order valence-corrected chi connectivity index (χ3v) is 6.45. The number of allylic oxidation sites excluding steroid dienone is 2. The van der Waals surface area contributed by atoms with Crippen molar-refractivity contribution in [3.05, 3.63) is 77.4 Å². The summed E-state index contributed by atoms with van der Waals surface area (Å²) in [5, 5.41) is 9.42. The van der Waals surface area contributed by atoms with Gasteiger partial charge in [-0.05, 0) is 63.4 Å². The van der Waals surface area contributed by atoms with Crippen molar-refractivity contribution in [1.82, 2.24) is 4.98 Å². The van der Waals surface area contributed by atoms with Crippen molar-refractivity contribution in [2.45, 2.75) is 71.9 Å². The first kappa shape index (κ1) is 25.9. The molecule has 7 nitrogen and oxygen atoms in total. The van der Waals surface area contributed by atoms with Gasteiger partial charge in [-0.1, -0.05) is 32.1 Å². The topological polar surface area (TPSA) is 91.0 Å². The van der Waals surface area contributed by atoms with E-state index in [1.165, 1.54) is 12.4 Å². The second kappa shape index (κ2) is 10.3. The molecule has 1 aliphatic rings. The molecular weight excluding hydrogens is 433 g/mol. The highest BCUT2D eigenvalue weighted by atomic mass is 16.7. The number of esters is 1. The summed E-state index contributed by atoms with van der Waals surface area (Å²) in [4.78, 5) is 16.7. The van der Waals surface area contributed by atoms with Gasteiger partial charge in [0, 0.05) is 18.8 Å². The van der Waals surface area contributed by atoms with Crippen molar-refractivity contribution < 1.29 is 28.4 Å². The zero-order chi connectivity index (χ0) is 25.1. The molecule has 0 radical (unpaired) electrons. The molecule has 182 valence electrons. The smallest absolute Gasteiger partial charge is 0.460 e. The summed E-state index contributed by atoms with van der Waals surface area (Å²) in [6.07, 6.45) is 4.59. The van der Waals surface area contributed by atoms with E-state index < -0.39 is 30.4 Å². The number of aliphatic hydroxyl groups is 1. The minimum Gasteiger partial charge on any atom is -0.460 e. The summed E-state index contributed by atoms with van der Waals surface area (Å²) in [6, 6.07) is 6.55. The highest BCUT2D eigenvalue weighted by Crippen LogP contribution is 2.41. The van der Waals surface area contributed by atoms with E-state index in [2.05, 4.69) is 25.4 Å². The van der Waals surface area contributed by atoms with Crippen LogP contribution in [0, 0.1) is 5.92 Å². The predicted molar refractivity (Wildman–Crippen MR) is 130 cm³/mol. The first-order chi connectivity index (χ1) is 15.9. The van der Waals surface area contributed by atoms with Crippen molar-refractivity contribution in [2.75, 3.05) is 0 Å². The minimum absolute atomic E-state index is 0.160. The summed E-state index contributed by atoms with van der Waals surface area (Å²) in [6.45, 7) is 16.1. The maximum absolute atomic E-state index is 12.8.